The van der Waals surface area contributed by atoms with Crippen molar-refractivity contribution in [3.8, 4) is 5.75 Å². The van der Waals surface area contributed by atoms with E-state index in [1.807, 2.05) is 13.0 Å². The fourth-order valence-electron chi connectivity index (χ4n) is 5.05. The minimum atomic E-state index is -2.12. The molecule has 1 fully saturated rings. The number of fused-ring (bicyclic) bond motifs is 3. The summed E-state index contributed by atoms with van der Waals surface area (Å²) in [6, 6.07) is 11.6. The van der Waals surface area contributed by atoms with Crippen LogP contribution in [0.2, 0.25) is 18.1 Å². The molecule has 1 unspecified atom stereocenters. The first-order chi connectivity index (χ1) is 20.2. The number of hydrogen-bond acceptors (Lipinski definition) is 8. The van der Waals surface area contributed by atoms with Crippen molar-refractivity contribution in [2.24, 2.45) is 0 Å². The summed E-state index contributed by atoms with van der Waals surface area (Å²) in [5.74, 6) is 1.04. The fourth-order valence-corrected chi connectivity index (χ4v) is 6.12. The van der Waals surface area contributed by atoms with E-state index in [4.69, 9.17) is 9.16 Å². The molecule has 43 heavy (non-hydrogen) atoms. The number of halogens is 1. The second-order valence-electron chi connectivity index (χ2n) is 13.6. The number of nitrogens with one attached hydrogen (secondary N) is 3. The number of nitrogens with zero attached hydrogens (tertiary/aromatic N) is 3. The Kier molecular flexibility index (Phi) is 8.52. The molecular weight excluding hydrogens is 559 g/mol. The Morgan fingerprint density at radius 2 is 1.84 bits per heavy atom. The molecule has 2 aliphatic rings. The molecule has 3 N–H and O–H groups in total. The Morgan fingerprint density at radius 1 is 1.09 bits per heavy atom. The van der Waals surface area contributed by atoms with Gasteiger partial charge in [-0.3, -0.25) is 4.90 Å². The van der Waals surface area contributed by atoms with E-state index in [0.717, 1.165) is 54.4 Å². The van der Waals surface area contributed by atoms with E-state index in [0.29, 0.717) is 23.9 Å². The SMILES string of the molecule is CCN(CCN(C)C)Cc1ccc2c(c1)NC1(CO1)c1c(Nc3cc(O[Si](C)(C)C(C)(C)C)c(C)cc3F)ccnc1N2. The lowest BCUT2D eigenvalue weighted by molar-refractivity contribution is 0.244. The molecule has 0 amide bonds. The maximum Gasteiger partial charge on any atom is 0.250 e. The van der Waals surface area contributed by atoms with Gasteiger partial charge in [-0.1, -0.05) is 33.8 Å². The van der Waals surface area contributed by atoms with E-state index in [9.17, 15) is 0 Å². The molecule has 232 valence electrons. The van der Waals surface area contributed by atoms with Crippen molar-refractivity contribution in [2.75, 3.05) is 56.3 Å². The molecule has 0 saturated carbocycles. The molecule has 1 spiro atoms. The van der Waals surface area contributed by atoms with Crippen molar-refractivity contribution in [1.82, 2.24) is 14.8 Å². The molecule has 0 bridgehead atoms. The first kappa shape index (κ1) is 31.2. The second kappa shape index (κ2) is 11.7. The van der Waals surface area contributed by atoms with Gasteiger partial charge in [0.05, 0.1) is 28.3 Å². The van der Waals surface area contributed by atoms with Gasteiger partial charge in [0.25, 0.3) is 0 Å². The predicted molar refractivity (Wildman–Crippen MR) is 177 cm³/mol. The quantitative estimate of drug-likeness (QED) is 0.163. The highest BCUT2D eigenvalue weighted by molar-refractivity contribution is 6.74. The summed E-state index contributed by atoms with van der Waals surface area (Å²) in [5.41, 5.74) is 5.00. The highest BCUT2D eigenvalue weighted by atomic mass is 28.4. The number of pyridine rings is 1. The number of anilines is 5. The lowest BCUT2D eigenvalue weighted by Gasteiger charge is -2.37. The summed E-state index contributed by atoms with van der Waals surface area (Å²) in [6.45, 7) is 19.4. The molecule has 5 rings (SSSR count). The third-order valence-electron chi connectivity index (χ3n) is 8.88. The molecule has 3 aromatic rings. The first-order valence-electron chi connectivity index (χ1n) is 15.2. The molecule has 3 heterocycles. The van der Waals surface area contributed by atoms with Gasteiger partial charge in [-0.15, -0.1) is 0 Å². The van der Waals surface area contributed by atoms with Crippen LogP contribution in [0.3, 0.4) is 0 Å². The van der Waals surface area contributed by atoms with Gasteiger partial charge < -0.3 is 30.0 Å². The average Bonchev–Trinajstić information content (AvgIpc) is 3.71. The Morgan fingerprint density at radius 3 is 2.49 bits per heavy atom. The minimum absolute atomic E-state index is 0.0206. The van der Waals surface area contributed by atoms with Crippen LogP contribution in [0.5, 0.6) is 5.75 Å². The first-order valence-corrected chi connectivity index (χ1v) is 18.1. The Labute approximate surface area is 257 Å². The van der Waals surface area contributed by atoms with Crippen LogP contribution < -0.4 is 20.4 Å². The van der Waals surface area contributed by atoms with Crippen LogP contribution in [-0.2, 0) is 17.0 Å². The maximum absolute atomic E-state index is 15.4. The third kappa shape index (κ3) is 6.67. The predicted octanol–water partition coefficient (Wildman–Crippen LogP) is 7.39. The standard InChI is InChI=1S/C33H47FN6O2Si/c1-10-40(16-15-39(6)7)20-23-11-12-25-28(18-23)38-33(21-41-33)30-26(13-14-35-31(30)37-25)36-27-19-29(22(2)17-24(27)34)42-43(8,9)32(3,4)5/h11-14,17-19,38H,10,15-16,20-21H2,1-9H3,(H2,35,36,37). The highest BCUT2D eigenvalue weighted by Crippen LogP contribution is 2.51. The van der Waals surface area contributed by atoms with Gasteiger partial charge in [-0.25, -0.2) is 9.37 Å². The molecule has 10 heteroatoms. The van der Waals surface area contributed by atoms with Crippen LogP contribution in [-0.4, -0.2) is 63.4 Å². The second-order valence-corrected chi connectivity index (χ2v) is 18.3. The Bertz CT molecular complexity index is 1480. The smallest absolute Gasteiger partial charge is 0.250 e. The molecule has 1 atom stereocenters. The van der Waals surface area contributed by atoms with Crippen LogP contribution in [0.4, 0.5) is 33.0 Å². The maximum atomic E-state index is 15.4. The van der Waals surface area contributed by atoms with Crippen molar-refractivity contribution >= 4 is 36.9 Å². The molecule has 2 aliphatic heterocycles. The zero-order valence-electron chi connectivity index (χ0n) is 27.1. The van der Waals surface area contributed by atoms with Gasteiger partial charge in [-0.2, -0.15) is 0 Å². The lowest BCUT2D eigenvalue weighted by atomic mass is 10.1. The summed E-state index contributed by atoms with van der Waals surface area (Å²) in [6.07, 6.45) is 1.73. The number of ether oxygens (including phenoxy) is 1. The fraction of sp³-hybridized carbons (Fsp3) is 0.485. The van der Waals surface area contributed by atoms with Gasteiger partial charge in [0.15, 0.2) is 5.72 Å². The van der Waals surface area contributed by atoms with Gasteiger partial charge in [0.1, 0.15) is 24.0 Å². The minimum Gasteiger partial charge on any atom is -0.543 e. The summed E-state index contributed by atoms with van der Waals surface area (Å²) >= 11 is 0. The van der Waals surface area contributed by atoms with Crippen LogP contribution >= 0.6 is 0 Å². The van der Waals surface area contributed by atoms with Crippen molar-refractivity contribution in [3.63, 3.8) is 0 Å². The number of aryl methyl sites for hydroxylation is 1. The molecule has 8 nitrogen and oxygen atoms in total. The third-order valence-corrected chi connectivity index (χ3v) is 13.2. The van der Waals surface area contributed by atoms with Gasteiger partial charge in [0, 0.05) is 31.9 Å². The largest absolute Gasteiger partial charge is 0.543 e. The number of aromatic nitrogens is 1. The molecule has 2 aromatic carbocycles. The van der Waals surface area contributed by atoms with Crippen molar-refractivity contribution in [1.29, 1.82) is 0 Å². The van der Waals surface area contributed by atoms with E-state index >= 15 is 4.39 Å². The van der Waals surface area contributed by atoms with Gasteiger partial charge in [-0.05, 0) is 81.1 Å². The van der Waals surface area contributed by atoms with E-state index in [-0.39, 0.29) is 10.9 Å². The van der Waals surface area contributed by atoms with Crippen molar-refractivity contribution in [2.45, 2.75) is 65.0 Å². The molecular formula is C33H47FN6O2Si. The van der Waals surface area contributed by atoms with Crippen molar-refractivity contribution in [3.05, 3.63) is 65.1 Å². The molecule has 1 saturated heterocycles. The Hall–Kier alpha value is -3.18. The van der Waals surface area contributed by atoms with E-state index in [2.05, 4.69) is 104 Å². The van der Waals surface area contributed by atoms with Crippen LogP contribution in [0.15, 0.2) is 42.6 Å². The number of rotatable bonds is 10. The highest BCUT2D eigenvalue weighted by Gasteiger charge is 2.52. The van der Waals surface area contributed by atoms with E-state index in [1.54, 1.807) is 18.3 Å². The number of likely N-dealkylation sites (N-methyl/N-ethyl adjacent to an activating group) is 2. The zero-order valence-corrected chi connectivity index (χ0v) is 28.1. The van der Waals surface area contributed by atoms with E-state index < -0.39 is 14.0 Å². The number of epoxide rings is 1. The Balaban J connectivity index is 1.43. The number of hydrogen-bond donors (Lipinski definition) is 3. The zero-order chi connectivity index (χ0) is 31.2. The van der Waals surface area contributed by atoms with Crippen LogP contribution in [0, 0.1) is 12.7 Å². The summed E-state index contributed by atoms with van der Waals surface area (Å²) in [7, 11) is 2.08. The van der Waals surface area contributed by atoms with Crippen LogP contribution in [0.1, 0.15) is 44.4 Å². The monoisotopic (exact) mass is 606 g/mol. The van der Waals surface area contributed by atoms with Gasteiger partial charge >= 0.3 is 0 Å². The summed E-state index contributed by atoms with van der Waals surface area (Å²) in [5, 5.41) is 10.5. The normalized spacial score (nSPS) is 17.7. The molecule has 1 aromatic heterocycles. The summed E-state index contributed by atoms with van der Waals surface area (Å²) in [4.78, 5) is 9.32. The molecule has 0 aliphatic carbocycles. The van der Waals surface area contributed by atoms with Crippen molar-refractivity contribution < 1.29 is 13.6 Å². The van der Waals surface area contributed by atoms with E-state index in [1.165, 1.54) is 5.56 Å². The summed E-state index contributed by atoms with van der Waals surface area (Å²) < 4.78 is 28.1. The topological polar surface area (TPSA) is 77.2 Å². The average molecular weight is 607 g/mol. The van der Waals surface area contributed by atoms with Crippen LogP contribution in [0.25, 0.3) is 0 Å². The van der Waals surface area contributed by atoms with Gasteiger partial charge in [0.2, 0.25) is 8.32 Å². The lowest BCUT2D eigenvalue weighted by Crippen LogP contribution is -2.44. The number of benzene rings is 2. The molecule has 0 radical (unpaired) electrons.